The Morgan fingerprint density at radius 3 is 1.33 bits per heavy atom. The van der Waals surface area contributed by atoms with Gasteiger partial charge in [0, 0.05) is 68.7 Å². The molecule has 10 nitrogen and oxygen atoms in total. The standard InChI is InChI=1S/C40H42N2O8S2/c1-3-31(43)49-19-11-7-5-9-17-41-37(45)27-23-26(30-16-14-22-52-30)36-34-28(24-25(29-15-13-21-51-29)35(33(27)34)39(41)47)38(46)42(40(36)48)18-10-6-8-12-20-50-32(44)4-2/h13-16,21-24H,3-12,17-20H2,1-2H3. The molecule has 272 valence electrons. The molecule has 52 heavy (non-hydrogen) atoms. The van der Waals surface area contributed by atoms with Gasteiger partial charge in [-0.1, -0.05) is 38.8 Å². The number of thiophene rings is 2. The van der Waals surface area contributed by atoms with E-state index in [1.54, 1.807) is 26.0 Å². The third kappa shape index (κ3) is 7.45. The molecule has 0 bridgehead atoms. The van der Waals surface area contributed by atoms with Crippen molar-refractivity contribution in [2.45, 2.75) is 78.1 Å². The van der Waals surface area contributed by atoms with E-state index in [-0.39, 0.29) is 25.0 Å². The SMILES string of the molecule is CCC(=O)OCCCCCCN1C(=O)c2cc(-c3cccs3)c3c4c(cc(-c5cccs5)c(c24)C1=O)C(=O)N(CCCCCCOC(=O)CC)C3=O. The van der Waals surface area contributed by atoms with Crippen LogP contribution in [0.5, 0.6) is 0 Å². The molecule has 0 saturated heterocycles. The highest BCUT2D eigenvalue weighted by Gasteiger charge is 2.43. The quantitative estimate of drug-likeness (QED) is 0.0564. The van der Waals surface area contributed by atoms with Crippen LogP contribution >= 0.6 is 22.7 Å². The minimum atomic E-state index is -0.444. The molecule has 2 aliphatic heterocycles. The number of rotatable bonds is 18. The highest BCUT2D eigenvalue weighted by Crippen LogP contribution is 2.47. The van der Waals surface area contributed by atoms with E-state index in [1.165, 1.54) is 32.5 Å². The van der Waals surface area contributed by atoms with E-state index in [1.807, 2.05) is 35.0 Å². The second-order valence-corrected chi connectivity index (χ2v) is 14.8. The van der Waals surface area contributed by atoms with Crippen LogP contribution in [0.1, 0.15) is 119 Å². The Balaban J connectivity index is 1.34. The highest BCUT2D eigenvalue weighted by atomic mass is 32.1. The Hall–Kier alpha value is -4.68. The number of benzene rings is 2. The molecule has 0 atom stereocenters. The molecule has 0 saturated carbocycles. The Morgan fingerprint density at radius 1 is 0.558 bits per heavy atom. The lowest BCUT2D eigenvalue weighted by atomic mass is 9.80. The van der Waals surface area contributed by atoms with Gasteiger partial charge in [-0.05, 0) is 73.6 Å². The first kappa shape index (κ1) is 37.1. The van der Waals surface area contributed by atoms with Gasteiger partial charge in [0.05, 0.1) is 24.3 Å². The summed E-state index contributed by atoms with van der Waals surface area (Å²) >= 11 is 2.88. The third-order valence-electron chi connectivity index (χ3n) is 9.50. The van der Waals surface area contributed by atoms with Crippen LogP contribution in [0, 0.1) is 0 Å². The number of ether oxygens (including phenoxy) is 2. The van der Waals surface area contributed by atoms with Crippen LogP contribution in [0.3, 0.4) is 0 Å². The summed E-state index contributed by atoms with van der Waals surface area (Å²) in [6.45, 7) is 4.61. The number of hydrogen-bond donors (Lipinski definition) is 0. The number of esters is 2. The minimum Gasteiger partial charge on any atom is -0.466 e. The van der Waals surface area contributed by atoms with Crippen LogP contribution in [0.2, 0.25) is 0 Å². The molecule has 0 unspecified atom stereocenters. The maximum atomic E-state index is 14.4. The van der Waals surface area contributed by atoms with Crippen molar-refractivity contribution in [3.63, 3.8) is 0 Å². The number of amides is 4. The third-order valence-corrected chi connectivity index (χ3v) is 11.3. The lowest BCUT2D eigenvalue weighted by Crippen LogP contribution is -2.44. The molecule has 0 radical (unpaired) electrons. The van der Waals surface area contributed by atoms with E-state index in [2.05, 4.69) is 0 Å². The lowest BCUT2D eigenvalue weighted by molar-refractivity contribution is -0.144. The van der Waals surface area contributed by atoms with Gasteiger partial charge >= 0.3 is 11.9 Å². The molecule has 4 aromatic rings. The number of unbranched alkanes of at least 4 members (excludes halogenated alkanes) is 6. The molecule has 4 heterocycles. The zero-order valence-corrected chi connectivity index (χ0v) is 31.1. The molecule has 2 aromatic heterocycles. The van der Waals surface area contributed by atoms with Crippen molar-refractivity contribution >= 4 is 69.0 Å². The van der Waals surface area contributed by atoms with Gasteiger partial charge < -0.3 is 9.47 Å². The average molecular weight is 743 g/mol. The summed E-state index contributed by atoms with van der Waals surface area (Å²) < 4.78 is 10.3. The molecule has 0 N–H and O–H groups in total. The van der Waals surface area contributed by atoms with E-state index in [9.17, 15) is 28.8 Å². The summed E-state index contributed by atoms with van der Waals surface area (Å²) in [5, 5.41) is 4.53. The Morgan fingerprint density at radius 2 is 0.962 bits per heavy atom. The van der Waals surface area contributed by atoms with Gasteiger partial charge in [-0.2, -0.15) is 0 Å². The van der Waals surface area contributed by atoms with Crippen LogP contribution in [-0.4, -0.2) is 71.7 Å². The Bertz CT molecular complexity index is 1860. The predicted octanol–water partition coefficient (Wildman–Crippen LogP) is 8.52. The van der Waals surface area contributed by atoms with Crippen molar-refractivity contribution in [3.05, 3.63) is 69.4 Å². The minimum absolute atomic E-state index is 0.210. The van der Waals surface area contributed by atoms with Crippen LogP contribution in [0.25, 0.3) is 31.7 Å². The van der Waals surface area contributed by atoms with Crippen LogP contribution in [0.4, 0.5) is 0 Å². The fourth-order valence-electron chi connectivity index (χ4n) is 6.85. The summed E-state index contributed by atoms with van der Waals surface area (Å²) in [7, 11) is 0. The normalized spacial score (nSPS) is 13.7. The first-order valence-corrected chi connectivity index (χ1v) is 19.8. The topological polar surface area (TPSA) is 127 Å². The zero-order chi connectivity index (χ0) is 36.8. The number of carbonyl (C=O) groups excluding carboxylic acids is 6. The van der Waals surface area contributed by atoms with Gasteiger partial charge in [-0.15, -0.1) is 22.7 Å². The second kappa shape index (κ2) is 16.8. The van der Waals surface area contributed by atoms with Crippen LogP contribution in [0.15, 0.2) is 47.2 Å². The summed E-state index contributed by atoms with van der Waals surface area (Å²) in [6, 6.07) is 11.0. The van der Waals surface area contributed by atoms with E-state index in [0.717, 1.165) is 35.4 Å². The van der Waals surface area contributed by atoms with Crippen molar-refractivity contribution in [2.24, 2.45) is 0 Å². The molecule has 2 aromatic carbocycles. The number of hydrogen-bond acceptors (Lipinski definition) is 10. The molecule has 2 aliphatic rings. The van der Waals surface area contributed by atoms with Gasteiger partial charge in [-0.25, -0.2) is 0 Å². The maximum Gasteiger partial charge on any atom is 0.305 e. The molecule has 0 spiro atoms. The van der Waals surface area contributed by atoms with Crippen molar-refractivity contribution in [3.8, 4) is 20.9 Å². The first-order valence-electron chi connectivity index (χ1n) is 18.1. The molecular formula is C40H42N2O8S2. The number of nitrogens with zero attached hydrogens (tertiary/aromatic N) is 2. The second-order valence-electron chi connectivity index (χ2n) is 12.9. The monoisotopic (exact) mass is 742 g/mol. The lowest BCUT2D eigenvalue weighted by Gasteiger charge is -2.34. The van der Waals surface area contributed by atoms with E-state index in [0.29, 0.717) is 95.9 Å². The molecule has 12 heteroatoms. The van der Waals surface area contributed by atoms with Crippen LogP contribution < -0.4 is 0 Å². The van der Waals surface area contributed by atoms with E-state index in [4.69, 9.17) is 9.47 Å². The first-order chi connectivity index (χ1) is 25.3. The van der Waals surface area contributed by atoms with Crippen molar-refractivity contribution in [2.75, 3.05) is 26.3 Å². The summed E-state index contributed by atoms with van der Waals surface area (Å²) in [5.41, 5.74) is 2.41. The Kier molecular flexibility index (Phi) is 12.0. The maximum absolute atomic E-state index is 14.4. The van der Waals surface area contributed by atoms with E-state index < -0.39 is 23.6 Å². The van der Waals surface area contributed by atoms with Gasteiger partial charge in [-0.3, -0.25) is 38.6 Å². The number of imide groups is 2. The van der Waals surface area contributed by atoms with Gasteiger partial charge in [0.15, 0.2) is 0 Å². The molecule has 0 fully saturated rings. The predicted molar refractivity (Wildman–Crippen MR) is 201 cm³/mol. The average Bonchev–Trinajstić information content (AvgIpc) is 3.89. The summed E-state index contributed by atoms with van der Waals surface area (Å²) in [4.78, 5) is 84.5. The fraction of sp³-hybridized carbons (Fsp3) is 0.400. The smallest absolute Gasteiger partial charge is 0.305 e. The summed E-state index contributed by atoms with van der Waals surface area (Å²) in [6.07, 6.45) is 6.26. The van der Waals surface area contributed by atoms with Gasteiger partial charge in [0.25, 0.3) is 23.6 Å². The van der Waals surface area contributed by atoms with E-state index >= 15 is 0 Å². The van der Waals surface area contributed by atoms with Gasteiger partial charge in [0.1, 0.15) is 0 Å². The highest BCUT2D eigenvalue weighted by molar-refractivity contribution is 7.14. The van der Waals surface area contributed by atoms with Crippen LogP contribution in [-0.2, 0) is 19.1 Å². The largest absolute Gasteiger partial charge is 0.466 e. The zero-order valence-electron chi connectivity index (χ0n) is 29.5. The molecule has 4 amide bonds. The molecule has 0 aliphatic carbocycles. The van der Waals surface area contributed by atoms with Gasteiger partial charge in [0.2, 0.25) is 0 Å². The molecule has 6 rings (SSSR count). The number of carbonyl (C=O) groups is 6. The van der Waals surface area contributed by atoms with Crippen molar-refractivity contribution in [1.82, 2.24) is 9.80 Å². The molecular weight excluding hydrogens is 701 g/mol. The summed E-state index contributed by atoms with van der Waals surface area (Å²) in [5.74, 6) is -2.23. The van der Waals surface area contributed by atoms with Crippen molar-refractivity contribution in [1.29, 1.82) is 0 Å². The Labute approximate surface area is 310 Å². The van der Waals surface area contributed by atoms with Crippen molar-refractivity contribution < 1.29 is 38.2 Å². The fourth-order valence-corrected chi connectivity index (χ4v) is 8.35.